The van der Waals surface area contributed by atoms with Gasteiger partial charge in [0.05, 0.1) is 6.04 Å². The van der Waals surface area contributed by atoms with Crippen LogP contribution in [0.1, 0.15) is 56.3 Å². The maximum Gasteiger partial charge on any atom is 0.528 e. The fourth-order valence-corrected chi connectivity index (χ4v) is 7.86. The quantitative estimate of drug-likeness (QED) is 0.216. The van der Waals surface area contributed by atoms with E-state index >= 15 is 0 Å². The number of carbonyl (C=O) groups excluding carboxylic acids is 1. The van der Waals surface area contributed by atoms with E-state index in [0.29, 0.717) is 31.7 Å². The molecule has 2 N–H and O–H groups in total. The first-order valence-electron chi connectivity index (χ1n) is 15.0. The van der Waals surface area contributed by atoms with Crippen molar-refractivity contribution in [1.29, 1.82) is 0 Å². The van der Waals surface area contributed by atoms with E-state index in [0.717, 1.165) is 53.6 Å². The number of phosphoric ester groups is 1. The Morgan fingerprint density at radius 1 is 1.09 bits per heavy atom. The maximum atomic E-state index is 13.1. The summed E-state index contributed by atoms with van der Waals surface area (Å²) < 4.78 is 31.1. The molecule has 45 heavy (non-hydrogen) atoms. The Morgan fingerprint density at radius 3 is 2.73 bits per heavy atom. The highest BCUT2D eigenvalue weighted by Gasteiger charge is 2.38. The number of rotatable bonds is 2. The molecule has 10 heteroatoms. The number of amides is 1. The Hall–Kier alpha value is -3.62. The van der Waals surface area contributed by atoms with Gasteiger partial charge >= 0.3 is 13.9 Å². The number of ether oxygens (including phenoxy) is 1. The molecule has 0 saturated carbocycles. The molecule has 0 aromatic heterocycles. The number of nitrogens with one attached hydrogen (secondary N) is 1. The Kier molecular flexibility index (Phi) is 7.56. The Labute approximate surface area is 270 Å². The summed E-state index contributed by atoms with van der Waals surface area (Å²) in [6.07, 6.45) is 2.17. The lowest BCUT2D eigenvalue weighted by atomic mass is 9.87. The molecule has 3 atom stereocenters. The van der Waals surface area contributed by atoms with Crippen molar-refractivity contribution in [1.82, 2.24) is 4.90 Å². The molecule has 4 aromatic rings. The van der Waals surface area contributed by atoms with Crippen molar-refractivity contribution in [2.45, 2.75) is 57.9 Å². The van der Waals surface area contributed by atoms with Crippen molar-refractivity contribution < 1.29 is 28.0 Å². The number of nitrogens with zero attached hydrogens (tertiary/aromatic N) is 1. The lowest BCUT2D eigenvalue weighted by molar-refractivity contribution is 0.0235. The van der Waals surface area contributed by atoms with Gasteiger partial charge in [-0.1, -0.05) is 64.5 Å². The second-order valence-corrected chi connectivity index (χ2v) is 14.9. The van der Waals surface area contributed by atoms with Crippen LogP contribution < -0.4 is 20.3 Å². The predicted octanol–water partition coefficient (Wildman–Crippen LogP) is 7.16. The van der Waals surface area contributed by atoms with Gasteiger partial charge in [-0.3, -0.25) is 9.42 Å². The normalized spacial score (nSPS) is 22.4. The molecule has 0 bridgehead atoms. The summed E-state index contributed by atoms with van der Waals surface area (Å²) in [5, 5.41) is 7.61. The average molecular weight is 690 g/mol. The molecule has 0 saturated heterocycles. The van der Waals surface area contributed by atoms with E-state index in [2.05, 4.69) is 51.6 Å². The molecule has 2 aliphatic heterocycles. The van der Waals surface area contributed by atoms with E-state index in [1.165, 1.54) is 0 Å². The van der Waals surface area contributed by atoms with E-state index < -0.39 is 19.5 Å². The van der Waals surface area contributed by atoms with Crippen LogP contribution in [0, 0.1) is 0 Å². The number of anilines is 1. The topological polar surface area (TPSA) is 97.3 Å². The number of hydrogen-bond acceptors (Lipinski definition) is 6. The third-order valence-corrected chi connectivity index (χ3v) is 9.82. The largest absolute Gasteiger partial charge is 0.528 e. The molecule has 3 aliphatic rings. The van der Waals surface area contributed by atoms with Crippen LogP contribution in [0.25, 0.3) is 22.4 Å². The van der Waals surface area contributed by atoms with E-state index in [1.807, 2.05) is 63.2 Å². The molecule has 2 unspecified atom stereocenters. The monoisotopic (exact) mass is 688 g/mol. The molecule has 1 amide bonds. The predicted molar refractivity (Wildman–Crippen MR) is 178 cm³/mol. The summed E-state index contributed by atoms with van der Waals surface area (Å²) in [6, 6.07) is 23.9. The average Bonchev–Trinajstić information content (AvgIpc) is 3.22. The van der Waals surface area contributed by atoms with E-state index in [1.54, 1.807) is 11.0 Å². The van der Waals surface area contributed by atoms with Gasteiger partial charge in [0.1, 0.15) is 17.5 Å². The third kappa shape index (κ3) is 6.02. The van der Waals surface area contributed by atoms with Gasteiger partial charge in [-0.2, -0.15) is 0 Å². The molecule has 0 radical (unpaired) electrons. The first kappa shape index (κ1) is 30.1. The van der Waals surface area contributed by atoms with Crippen LogP contribution in [0.4, 0.5) is 10.5 Å². The van der Waals surface area contributed by atoms with Crippen LogP contribution >= 0.6 is 23.8 Å². The zero-order valence-corrected chi connectivity index (χ0v) is 27.7. The van der Waals surface area contributed by atoms with Crippen LogP contribution in [-0.2, 0) is 20.4 Å². The van der Waals surface area contributed by atoms with Gasteiger partial charge in [0.25, 0.3) is 0 Å². The zero-order chi connectivity index (χ0) is 31.5. The number of hydrogen-bond donors (Lipinski definition) is 2. The number of phosphoric acid groups is 1. The van der Waals surface area contributed by atoms with Crippen molar-refractivity contribution >= 4 is 58.0 Å². The number of fused-ring (bicyclic) bond motifs is 7. The molecule has 0 fully saturated rings. The second-order valence-electron chi connectivity index (χ2n) is 12.7. The highest BCUT2D eigenvalue weighted by Crippen LogP contribution is 2.53. The van der Waals surface area contributed by atoms with Crippen LogP contribution in [-0.4, -0.2) is 34.1 Å². The molecule has 232 valence electrons. The van der Waals surface area contributed by atoms with Gasteiger partial charge in [0.2, 0.25) is 0 Å². The standard InChI is InChI=1S/C35H34BrN2O6P/c1-35(2,3)42-34(39)38-17-16-29(26-13-11-24(36)18-23(26)20-38)37-25-12-8-22-10-15-31-33(28(22)19-25)32-27-7-5-4-6-21(27)9-14-30(32)43-45(40,41)44-31/h4-14,18-19,29,31,37H,15-17,20H2,1-3H3,(H,40,41)/t29-,31?/m1/s1. The van der Waals surface area contributed by atoms with Crippen molar-refractivity contribution in [2.75, 3.05) is 11.9 Å². The minimum atomic E-state index is -4.36. The smallest absolute Gasteiger partial charge is 0.444 e. The van der Waals surface area contributed by atoms with Crippen LogP contribution in [0.2, 0.25) is 0 Å². The van der Waals surface area contributed by atoms with Gasteiger partial charge in [-0.25, -0.2) is 9.36 Å². The third-order valence-electron chi connectivity index (χ3n) is 8.37. The summed E-state index contributed by atoms with van der Waals surface area (Å²) in [7, 11) is -4.36. The van der Waals surface area contributed by atoms with Crippen molar-refractivity contribution in [3.05, 3.63) is 104 Å². The van der Waals surface area contributed by atoms with E-state index in [4.69, 9.17) is 13.8 Å². The first-order chi connectivity index (χ1) is 21.4. The van der Waals surface area contributed by atoms with Gasteiger partial charge in [-0.05, 0) is 96.3 Å². The molecule has 7 rings (SSSR count). The minimum Gasteiger partial charge on any atom is -0.444 e. The fourth-order valence-electron chi connectivity index (χ4n) is 6.50. The molecule has 1 aliphatic carbocycles. The first-order valence-corrected chi connectivity index (χ1v) is 17.3. The summed E-state index contributed by atoms with van der Waals surface area (Å²) in [5.74, 6) is 0.328. The summed E-state index contributed by atoms with van der Waals surface area (Å²) in [6.45, 7) is 6.59. The molecular weight excluding hydrogens is 655 g/mol. The Balaban J connectivity index is 1.32. The van der Waals surface area contributed by atoms with Gasteiger partial charge in [0.15, 0.2) is 0 Å². The molecule has 2 heterocycles. The van der Waals surface area contributed by atoms with Crippen LogP contribution in [0.3, 0.4) is 0 Å². The summed E-state index contributed by atoms with van der Waals surface area (Å²) in [5.41, 5.74) is 4.06. The lowest BCUT2D eigenvalue weighted by Gasteiger charge is -2.26. The zero-order valence-electron chi connectivity index (χ0n) is 25.2. The molecule has 8 nitrogen and oxygen atoms in total. The summed E-state index contributed by atoms with van der Waals surface area (Å²) >= 11 is 3.61. The highest BCUT2D eigenvalue weighted by atomic mass is 79.9. The number of carbonyl (C=O) groups is 1. The molecular formula is C35H34BrN2O6P. The summed E-state index contributed by atoms with van der Waals surface area (Å²) in [4.78, 5) is 25.5. The lowest BCUT2D eigenvalue weighted by Crippen LogP contribution is -2.36. The van der Waals surface area contributed by atoms with Crippen molar-refractivity contribution in [3.63, 3.8) is 0 Å². The maximum absolute atomic E-state index is 13.1. The van der Waals surface area contributed by atoms with Crippen molar-refractivity contribution in [3.8, 4) is 5.75 Å². The van der Waals surface area contributed by atoms with Crippen LogP contribution in [0.15, 0.2) is 77.3 Å². The molecule has 4 aromatic carbocycles. The van der Waals surface area contributed by atoms with Gasteiger partial charge in [-0.15, -0.1) is 0 Å². The number of halogens is 1. The SMILES string of the molecule is CC(C)(C)OC(=O)N1CC[C@@H](Nc2ccc3c(c2)=C2c4c(ccc5ccccc45)OP(=O)(O)OC2CC=3)c2ccc(Br)cc2C1. The number of benzene rings is 4. The highest BCUT2D eigenvalue weighted by molar-refractivity contribution is 9.10. The van der Waals surface area contributed by atoms with Crippen LogP contribution in [0.5, 0.6) is 5.75 Å². The van der Waals surface area contributed by atoms with E-state index in [9.17, 15) is 14.3 Å². The van der Waals surface area contributed by atoms with Gasteiger partial charge in [0, 0.05) is 34.4 Å². The Morgan fingerprint density at radius 2 is 1.91 bits per heavy atom. The molecule has 0 spiro atoms. The Bertz CT molecular complexity index is 2020. The minimum absolute atomic E-state index is 0.0774. The van der Waals surface area contributed by atoms with Gasteiger partial charge < -0.3 is 19.5 Å². The van der Waals surface area contributed by atoms with E-state index in [-0.39, 0.29) is 12.1 Å². The second kappa shape index (κ2) is 11.3. The fraction of sp³-hybridized carbons (Fsp3) is 0.286. The van der Waals surface area contributed by atoms with Crippen molar-refractivity contribution in [2.24, 2.45) is 0 Å².